The van der Waals surface area contributed by atoms with Crippen LogP contribution in [0.2, 0.25) is 0 Å². The fourth-order valence-corrected chi connectivity index (χ4v) is 5.22. The van der Waals surface area contributed by atoms with Crippen LogP contribution < -0.4 is 4.72 Å². The molecule has 0 aliphatic rings. The summed E-state index contributed by atoms with van der Waals surface area (Å²) in [5, 5.41) is 3.72. The molecule has 2 heterocycles. The number of benzene rings is 1. The first-order valence-electron chi connectivity index (χ1n) is 6.72. The maximum absolute atomic E-state index is 12.5. The predicted molar refractivity (Wildman–Crippen MR) is 92.0 cm³/mol. The van der Waals surface area contributed by atoms with Gasteiger partial charge in [-0.05, 0) is 35.4 Å². The number of hydrogen-bond acceptors (Lipinski definition) is 4. The Balaban J connectivity index is 1.98. The van der Waals surface area contributed by atoms with E-state index in [1.165, 1.54) is 11.3 Å². The average molecular weight is 350 g/mol. The molecule has 1 atom stereocenters. The van der Waals surface area contributed by atoms with E-state index in [0.717, 1.165) is 16.0 Å². The van der Waals surface area contributed by atoms with Crippen molar-refractivity contribution in [3.63, 3.8) is 0 Å². The monoisotopic (exact) mass is 349 g/mol. The predicted octanol–water partition coefficient (Wildman–Crippen LogP) is 4.19. The molecule has 0 amide bonds. The van der Waals surface area contributed by atoms with Crippen LogP contribution in [-0.4, -0.2) is 8.42 Å². The SMILES string of the molecule is Cc1ccc([C@@H](NS(=O)(=O)c2cccs2)c2cccs2)cc1. The first-order chi connectivity index (χ1) is 10.6. The Morgan fingerprint density at radius 2 is 1.64 bits per heavy atom. The summed E-state index contributed by atoms with van der Waals surface area (Å²) in [6, 6.07) is 14.8. The Kier molecular flexibility index (Phi) is 4.44. The summed E-state index contributed by atoms with van der Waals surface area (Å²) in [4.78, 5) is 0.976. The third kappa shape index (κ3) is 3.30. The molecule has 3 aromatic rings. The standard InChI is InChI=1S/C16H15NO2S3/c1-12-6-8-13(9-7-12)16(14-4-2-10-20-14)17-22(18,19)15-5-3-11-21-15/h2-11,16-17H,1H3/t16-/m1/s1. The third-order valence-electron chi connectivity index (χ3n) is 3.27. The number of thiophene rings is 2. The molecule has 0 radical (unpaired) electrons. The summed E-state index contributed by atoms with van der Waals surface area (Å²) in [5.74, 6) is 0. The van der Waals surface area contributed by atoms with E-state index in [1.807, 2.05) is 48.7 Å². The van der Waals surface area contributed by atoms with E-state index in [1.54, 1.807) is 28.8 Å². The second-order valence-electron chi connectivity index (χ2n) is 4.91. The highest BCUT2D eigenvalue weighted by atomic mass is 32.2. The van der Waals surface area contributed by atoms with Gasteiger partial charge in [-0.3, -0.25) is 0 Å². The van der Waals surface area contributed by atoms with Crippen molar-refractivity contribution in [3.05, 3.63) is 75.3 Å². The summed E-state index contributed by atoms with van der Waals surface area (Å²) in [5.41, 5.74) is 2.09. The van der Waals surface area contributed by atoms with Crippen LogP contribution in [-0.2, 0) is 10.0 Å². The maximum Gasteiger partial charge on any atom is 0.250 e. The van der Waals surface area contributed by atoms with Gasteiger partial charge in [0.2, 0.25) is 0 Å². The number of aryl methyl sites for hydroxylation is 1. The summed E-state index contributed by atoms with van der Waals surface area (Å²) < 4.78 is 28.2. The fourth-order valence-electron chi connectivity index (χ4n) is 2.13. The van der Waals surface area contributed by atoms with Crippen molar-refractivity contribution in [2.75, 3.05) is 0 Å². The normalized spacial score (nSPS) is 13.1. The second-order valence-corrected chi connectivity index (χ2v) is 8.78. The van der Waals surface area contributed by atoms with Crippen LogP contribution >= 0.6 is 22.7 Å². The quantitative estimate of drug-likeness (QED) is 0.751. The molecule has 0 saturated carbocycles. The van der Waals surface area contributed by atoms with Crippen molar-refractivity contribution < 1.29 is 8.42 Å². The maximum atomic E-state index is 12.5. The molecule has 0 spiro atoms. The van der Waals surface area contributed by atoms with E-state index in [9.17, 15) is 8.42 Å². The smallest absolute Gasteiger partial charge is 0.206 e. The zero-order chi connectivity index (χ0) is 15.6. The van der Waals surface area contributed by atoms with Gasteiger partial charge in [-0.15, -0.1) is 22.7 Å². The largest absolute Gasteiger partial charge is 0.250 e. The van der Waals surface area contributed by atoms with Crippen LogP contribution in [0.4, 0.5) is 0 Å². The minimum absolute atomic E-state index is 0.334. The van der Waals surface area contributed by atoms with Gasteiger partial charge < -0.3 is 0 Å². The Morgan fingerprint density at radius 1 is 0.955 bits per heavy atom. The summed E-state index contributed by atoms with van der Waals surface area (Å²) >= 11 is 2.76. The van der Waals surface area contributed by atoms with E-state index in [0.29, 0.717) is 4.21 Å². The lowest BCUT2D eigenvalue weighted by molar-refractivity contribution is 0.575. The molecule has 6 heteroatoms. The first-order valence-corrected chi connectivity index (χ1v) is 9.96. The van der Waals surface area contributed by atoms with Crippen molar-refractivity contribution in [1.29, 1.82) is 0 Å². The zero-order valence-electron chi connectivity index (χ0n) is 11.9. The molecular weight excluding hydrogens is 334 g/mol. The minimum Gasteiger partial charge on any atom is -0.206 e. The third-order valence-corrected chi connectivity index (χ3v) is 7.03. The van der Waals surface area contributed by atoms with Gasteiger partial charge in [0, 0.05) is 4.88 Å². The van der Waals surface area contributed by atoms with Crippen LogP contribution in [0.5, 0.6) is 0 Å². The number of hydrogen-bond donors (Lipinski definition) is 1. The summed E-state index contributed by atoms with van der Waals surface area (Å²) in [6.45, 7) is 2.01. The summed E-state index contributed by atoms with van der Waals surface area (Å²) in [6.07, 6.45) is 0. The van der Waals surface area contributed by atoms with Crippen molar-refractivity contribution in [3.8, 4) is 0 Å². The molecule has 0 fully saturated rings. The van der Waals surface area contributed by atoms with E-state index in [4.69, 9.17) is 0 Å². The zero-order valence-corrected chi connectivity index (χ0v) is 14.3. The molecule has 0 unspecified atom stereocenters. The number of sulfonamides is 1. The lowest BCUT2D eigenvalue weighted by Crippen LogP contribution is -2.28. The van der Waals surface area contributed by atoms with Gasteiger partial charge in [0.25, 0.3) is 10.0 Å². The van der Waals surface area contributed by atoms with Crippen LogP contribution in [0.3, 0.4) is 0 Å². The van der Waals surface area contributed by atoms with Crippen LogP contribution in [0.15, 0.2) is 63.5 Å². The first kappa shape index (κ1) is 15.4. The van der Waals surface area contributed by atoms with Crippen molar-refractivity contribution in [2.45, 2.75) is 17.2 Å². The molecule has 2 aromatic heterocycles. The molecule has 22 heavy (non-hydrogen) atoms. The van der Waals surface area contributed by atoms with Gasteiger partial charge in [0.05, 0.1) is 6.04 Å². The Hall–Kier alpha value is -1.47. The molecule has 0 aliphatic carbocycles. The highest BCUT2D eigenvalue weighted by molar-refractivity contribution is 7.91. The number of rotatable bonds is 5. The second kappa shape index (κ2) is 6.34. The van der Waals surface area contributed by atoms with Crippen molar-refractivity contribution in [2.24, 2.45) is 0 Å². The lowest BCUT2D eigenvalue weighted by atomic mass is 10.0. The van der Waals surface area contributed by atoms with Crippen LogP contribution in [0.1, 0.15) is 22.0 Å². The Labute approximate surface area is 138 Å². The van der Waals surface area contributed by atoms with Gasteiger partial charge >= 0.3 is 0 Å². The van der Waals surface area contributed by atoms with Gasteiger partial charge in [-0.25, -0.2) is 8.42 Å². The minimum atomic E-state index is -3.53. The highest BCUT2D eigenvalue weighted by Crippen LogP contribution is 2.29. The van der Waals surface area contributed by atoms with Crippen molar-refractivity contribution in [1.82, 2.24) is 4.72 Å². The van der Waals surface area contributed by atoms with Crippen LogP contribution in [0, 0.1) is 6.92 Å². The van der Waals surface area contributed by atoms with E-state index >= 15 is 0 Å². The fraction of sp³-hybridized carbons (Fsp3) is 0.125. The molecule has 1 aromatic carbocycles. The van der Waals surface area contributed by atoms with E-state index < -0.39 is 10.0 Å². The van der Waals surface area contributed by atoms with Crippen molar-refractivity contribution >= 4 is 32.7 Å². The van der Waals surface area contributed by atoms with E-state index in [-0.39, 0.29) is 6.04 Å². The lowest BCUT2D eigenvalue weighted by Gasteiger charge is -2.18. The molecule has 0 saturated heterocycles. The number of nitrogens with one attached hydrogen (secondary N) is 1. The summed E-state index contributed by atoms with van der Waals surface area (Å²) in [7, 11) is -3.53. The molecule has 3 nitrogen and oxygen atoms in total. The van der Waals surface area contributed by atoms with Gasteiger partial charge in [-0.2, -0.15) is 4.72 Å². The van der Waals surface area contributed by atoms with Gasteiger partial charge in [0.15, 0.2) is 0 Å². The van der Waals surface area contributed by atoms with E-state index in [2.05, 4.69) is 4.72 Å². The molecular formula is C16H15NO2S3. The highest BCUT2D eigenvalue weighted by Gasteiger charge is 2.24. The Morgan fingerprint density at radius 3 is 2.23 bits per heavy atom. The van der Waals surface area contributed by atoms with Crippen LogP contribution in [0.25, 0.3) is 0 Å². The molecule has 0 aliphatic heterocycles. The van der Waals surface area contributed by atoms with Gasteiger partial charge in [0.1, 0.15) is 4.21 Å². The topological polar surface area (TPSA) is 46.2 Å². The molecule has 1 N–H and O–H groups in total. The van der Waals surface area contributed by atoms with Gasteiger partial charge in [-0.1, -0.05) is 42.0 Å². The molecule has 3 rings (SSSR count). The molecule has 0 bridgehead atoms. The molecule has 114 valence electrons. The average Bonchev–Trinajstić information content (AvgIpc) is 3.19. The Bertz CT molecular complexity index is 820.